The number of amidine groups is 1. The molecule has 0 aromatic heterocycles. The molecule has 4 N–H and O–H groups in total. The SMILES string of the molecule is CC(NC(=O)C(C)C(C)C)C(N)=NO. The lowest BCUT2D eigenvalue weighted by atomic mass is 9.97. The Morgan fingerprint density at radius 2 is 1.86 bits per heavy atom. The second kappa shape index (κ2) is 5.47. The molecule has 0 aliphatic heterocycles. The summed E-state index contributed by atoms with van der Waals surface area (Å²) in [5, 5.41) is 13.9. The van der Waals surface area contributed by atoms with E-state index in [2.05, 4.69) is 10.5 Å². The first kappa shape index (κ1) is 12.7. The maximum atomic E-state index is 11.5. The Morgan fingerprint density at radius 1 is 1.36 bits per heavy atom. The summed E-state index contributed by atoms with van der Waals surface area (Å²) in [6.45, 7) is 7.45. The second-order valence-electron chi connectivity index (χ2n) is 3.79. The molecule has 82 valence electrons. The van der Waals surface area contributed by atoms with Gasteiger partial charge in [-0.15, -0.1) is 0 Å². The molecule has 5 heteroatoms. The molecule has 2 atom stereocenters. The standard InChI is InChI=1S/C9H19N3O2/c1-5(2)6(3)9(13)11-7(4)8(10)12-14/h5-7,14H,1-4H3,(H2,10,12)(H,11,13). The molecular formula is C9H19N3O2. The van der Waals surface area contributed by atoms with E-state index in [1.807, 2.05) is 20.8 Å². The minimum Gasteiger partial charge on any atom is -0.409 e. The summed E-state index contributed by atoms with van der Waals surface area (Å²) >= 11 is 0. The fraction of sp³-hybridized carbons (Fsp3) is 0.778. The van der Waals surface area contributed by atoms with Crippen molar-refractivity contribution in [2.75, 3.05) is 0 Å². The first-order valence-corrected chi connectivity index (χ1v) is 4.68. The number of rotatable bonds is 4. The number of hydrogen-bond acceptors (Lipinski definition) is 3. The number of nitrogens with zero attached hydrogens (tertiary/aromatic N) is 1. The zero-order valence-electron chi connectivity index (χ0n) is 9.11. The normalized spacial score (nSPS) is 16.5. The third kappa shape index (κ3) is 3.64. The van der Waals surface area contributed by atoms with E-state index in [4.69, 9.17) is 10.9 Å². The molecule has 0 heterocycles. The molecule has 5 nitrogen and oxygen atoms in total. The van der Waals surface area contributed by atoms with Gasteiger partial charge in [-0.2, -0.15) is 0 Å². The van der Waals surface area contributed by atoms with E-state index in [1.54, 1.807) is 6.92 Å². The number of carbonyl (C=O) groups excluding carboxylic acids is 1. The van der Waals surface area contributed by atoms with Crippen LogP contribution in [0.15, 0.2) is 5.16 Å². The summed E-state index contributed by atoms with van der Waals surface area (Å²) in [5.74, 6) is 0.117. The van der Waals surface area contributed by atoms with Crippen LogP contribution in [0.5, 0.6) is 0 Å². The minimum absolute atomic E-state index is 0.00862. The van der Waals surface area contributed by atoms with Crippen LogP contribution in [0, 0.1) is 11.8 Å². The Labute approximate surface area is 84.4 Å². The molecule has 0 aromatic carbocycles. The van der Waals surface area contributed by atoms with Gasteiger partial charge in [0.1, 0.15) is 0 Å². The van der Waals surface area contributed by atoms with E-state index in [0.717, 1.165) is 0 Å². The lowest BCUT2D eigenvalue weighted by Crippen LogP contribution is -2.45. The molecule has 14 heavy (non-hydrogen) atoms. The predicted octanol–water partition coefficient (Wildman–Crippen LogP) is 0.530. The van der Waals surface area contributed by atoms with Gasteiger partial charge in [-0.05, 0) is 12.8 Å². The molecule has 0 saturated carbocycles. The van der Waals surface area contributed by atoms with Crippen LogP contribution in [-0.2, 0) is 4.79 Å². The number of nitrogens with one attached hydrogen (secondary N) is 1. The molecule has 2 unspecified atom stereocenters. The average Bonchev–Trinajstić information content (AvgIpc) is 2.14. The van der Waals surface area contributed by atoms with Crippen molar-refractivity contribution in [3.8, 4) is 0 Å². The Morgan fingerprint density at radius 3 is 2.21 bits per heavy atom. The lowest BCUT2D eigenvalue weighted by molar-refractivity contribution is -0.125. The third-order valence-electron chi connectivity index (χ3n) is 2.33. The second-order valence-corrected chi connectivity index (χ2v) is 3.79. The summed E-state index contributed by atoms with van der Waals surface area (Å²) in [4.78, 5) is 11.5. The van der Waals surface area contributed by atoms with Gasteiger partial charge >= 0.3 is 0 Å². The molecule has 0 aromatic rings. The van der Waals surface area contributed by atoms with Crippen LogP contribution in [-0.4, -0.2) is 23.0 Å². The average molecular weight is 201 g/mol. The van der Waals surface area contributed by atoms with Crippen LogP contribution in [0.2, 0.25) is 0 Å². The molecular weight excluding hydrogens is 182 g/mol. The van der Waals surface area contributed by atoms with Crippen LogP contribution >= 0.6 is 0 Å². The fourth-order valence-corrected chi connectivity index (χ4v) is 0.808. The molecule has 0 radical (unpaired) electrons. The van der Waals surface area contributed by atoms with Gasteiger partial charge in [-0.25, -0.2) is 0 Å². The van der Waals surface area contributed by atoms with E-state index < -0.39 is 6.04 Å². The summed E-state index contributed by atoms with van der Waals surface area (Å²) in [6.07, 6.45) is 0. The van der Waals surface area contributed by atoms with Crippen molar-refractivity contribution in [1.82, 2.24) is 5.32 Å². The monoisotopic (exact) mass is 201 g/mol. The zero-order chi connectivity index (χ0) is 11.3. The first-order valence-electron chi connectivity index (χ1n) is 4.68. The van der Waals surface area contributed by atoms with Gasteiger partial charge in [0, 0.05) is 5.92 Å². The summed E-state index contributed by atoms with van der Waals surface area (Å²) in [6, 6.07) is -0.436. The Hall–Kier alpha value is -1.26. The van der Waals surface area contributed by atoms with Crippen molar-refractivity contribution in [2.24, 2.45) is 22.7 Å². The van der Waals surface area contributed by atoms with Crippen molar-refractivity contribution in [3.63, 3.8) is 0 Å². The highest BCUT2D eigenvalue weighted by molar-refractivity contribution is 5.90. The molecule has 0 aliphatic carbocycles. The minimum atomic E-state index is -0.436. The zero-order valence-corrected chi connectivity index (χ0v) is 9.11. The van der Waals surface area contributed by atoms with Crippen molar-refractivity contribution < 1.29 is 10.0 Å². The molecule has 0 spiro atoms. The first-order chi connectivity index (χ1) is 6.40. The number of amides is 1. The molecule has 0 fully saturated rings. The van der Waals surface area contributed by atoms with Gasteiger partial charge in [-0.3, -0.25) is 4.79 Å². The largest absolute Gasteiger partial charge is 0.409 e. The van der Waals surface area contributed by atoms with Gasteiger partial charge in [0.25, 0.3) is 0 Å². The fourth-order valence-electron chi connectivity index (χ4n) is 0.808. The maximum absolute atomic E-state index is 11.5. The van der Waals surface area contributed by atoms with E-state index in [9.17, 15) is 4.79 Å². The predicted molar refractivity (Wildman–Crippen MR) is 55.0 cm³/mol. The molecule has 0 rings (SSSR count). The highest BCUT2D eigenvalue weighted by Gasteiger charge is 2.19. The summed E-state index contributed by atoms with van der Waals surface area (Å²) in [7, 11) is 0. The molecule has 0 bridgehead atoms. The van der Waals surface area contributed by atoms with Crippen LogP contribution < -0.4 is 11.1 Å². The Balaban J connectivity index is 4.19. The molecule has 0 saturated heterocycles. The highest BCUT2D eigenvalue weighted by Crippen LogP contribution is 2.09. The summed E-state index contributed by atoms with van der Waals surface area (Å²) < 4.78 is 0. The number of nitrogens with two attached hydrogens (primary N) is 1. The van der Waals surface area contributed by atoms with Crippen LogP contribution in [0.4, 0.5) is 0 Å². The van der Waals surface area contributed by atoms with Crippen LogP contribution in [0.3, 0.4) is 0 Å². The number of carbonyl (C=O) groups is 1. The topological polar surface area (TPSA) is 87.7 Å². The third-order valence-corrected chi connectivity index (χ3v) is 2.33. The Kier molecular flexibility index (Phi) is 4.97. The van der Waals surface area contributed by atoms with Gasteiger partial charge in [0.05, 0.1) is 6.04 Å². The smallest absolute Gasteiger partial charge is 0.223 e. The van der Waals surface area contributed by atoms with Gasteiger partial charge < -0.3 is 16.3 Å². The highest BCUT2D eigenvalue weighted by atomic mass is 16.4. The van der Waals surface area contributed by atoms with E-state index >= 15 is 0 Å². The van der Waals surface area contributed by atoms with Crippen molar-refractivity contribution >= 4 is 11.7 Å². The van der Waals surface area contributed by atoms with E-state index in [1.165, 1.54) is 0 Å². The summed E-state index contributed by atoms with van der Waals surface area (Å²) in [5.41, 5.74) is 5.33. The molecule has 1 amide bonds. The quantitative estimate of drug-likeness (QED) is 0.268. The Bertz CT molecular complexity index is 226. The lowest BCUT2D eigenvalue weighted by Gasteiger charge is -2.18. The van der Waals surface area contributed by atoms with Crippen molar-refractivity contribution in [2.45, 2.75) is 33.7 Å². The number of oxime groups is 1. The van der Waals surface area contributed by atoms with E-state index in [0.29, 0.717) is 0 Å². The number of hydrogen-bond donors (Lipinski definition) is 3. The van der Waals surface area contributed by atoms with E-state index in [-0.39, 0.29) is 23.6 Å². The van der Waals surface area contributed by atoms with Gasteiger partial charge in [0.2, 0.25) is 5.91 Å². The molecule has 0 aliphatic rings. The van der Waals surface area contributed by atoms with Gasteiger partial charge in [-0.1, -0.05) is 25.9 Å². The van der Waals surface area contributed by atoms with Crippen molar-refractivity contribution in [3.05, 3.63) is 0 Å². The maximum Gasteiger partial charge on any atom is 0.223 e. The van der Waals surface area contributed by atoms with Crippen LogP contribution in [0.25, 0.3) is 0 Å². The van der Waals surface area contributed by atoms with Crippen LogP contribution in [0.1, 0.15) is 27.7 Å². The van der Waals surface area contributed by atoms with Gasteiger partial charge in [0.15, 0.2) is 5.84 Å². The van der Waals surface area contributed by atoms with Crippen molar-refractivity contribution in [1.29, 1.82) is 0 Å².